The largest absolute Gasteiger partial charge is 0.369 e. The van der Waals surface area contributed by atoms with Crippen molar-refractivity contribution < 1.29 is 4.79 Å². The van der Waals surface area contributed by atoms with Crippen LogP contribution in [-0.2, 0) is 11.2 Å². The number of aromatic nitrogens is 2. The van der Waals surface area contributed by atoms with E-state index >= 15 is 0 Å². The number of benzene rings is 2. The number of carbonyl (C=O) groups excluding carboxylic acids is 1. The molecule has 0 aliphatic rings. The summed E-state index contributed by atoms with van der Waals surface area (Å²) in [6.45, 7) is 2.24. The molecule has 0 bridgehead atoms. The first-order chi connectivity index (χ1) is 11.2. The second-order valence-electron chi connectivity index (χ2n) is 5.25. The fourth-order valence-electron chi connectivity index (χ4n) is 2.51. The van der Waals surface area contributed by atoms with Gasteiger partial charge < -0.3 is 10.6 Å². The maximum Gasteiger partial charge on any atom is 0.221 e. The van der Waals surface area contributed by atoms with Crippen LogP contribution in [0.15, 0.2) is 54.9 Å². The summed E-state index contributed by atoms with van der Waals surface area (Å²) in [5, 5.41) is 7.22. The Morgan fingerprint density at radius 1 is 1.04 bits per heavy atom. The normalized spacial score (nSPS) is 10.5. The Bertz CT molecular complexity index is 827. The maximum atomic E-state index is 11.3. The number of carbonyl (C=O) groups is 1. The van der Waals surface area contributed by atoms with E-state index < -0.39 is 0 Å². The van der Waals surface area contributed by atoms with Gasteiger partial charge in [-0.25, -0.2) is 9.97 Å². The van der Waals surface area contributed by atoms with E-state index in [0.717, 1.165) is 40.9 Å². The lowest BCUT2D eigenvalue weighted by Gasteiger charge is -2.11. The number of nitrogens with one attached hydrogen (secondary N) is 2. The van der Waals surface area contributed by atoms with Gasteiger partial charge in [-0.15, -0.1) is 0 Å². The van der Waals surface area contributed by atoms with Gasteiger partial charge in [0.05, 0.1) is 5.52 Å². The van der Waals surface area contributed by atoms with Gasteiger partial charge in [0.25, 0.3) is 0 Å². The Balaban J connectivity index is 1.71. The van der Waals surface area contributed by atoms with Gasteiger partial charge >= 0.3 is 0 Å². The molecule has 0 saturated heterocycles. The molecule has 2 aromatic carbocycles. The molecule has 5 nitrogen and oxygen atoms in total. The standard InChI is InChI=1S/C18H18N4O/c1-13(23)22-16-8-4-2-6-14(16)10-11-19-18-15-7-3-5-9-17(15)20-12-21-18/h2-9,12H,10-11H2,1H3,(H,22,23)(H,19,20,21). The molecule has 0 atom stereocenters. The third-order valence-corrected chi connectivity index (χ3v) is 3.56. The molecule has 0 aliphatic heterocycles. The fraction of sp³-hybridized carbons (Fsp3) is 0.167. The molecule has 3 aromatic rings. The van der Waals surface area contributed by atoms with Gasteiger partial charge in [0, 0.05) is 24.5 Å². The van der Waals surface area contributed by atoms with Crippen LogP contribution >= 0.6 is 0 Å². The molecule has 1 amide bonds. The number of rotatable bonds is 5. The van der Waals surface area contributed by atoms with Gasteiger partial charge in [-0.05, 0) is 30.2 Å². The van der Waals surface area contributed by atoms with Crippen molar-refractivity contribution in [3.63, 3.8) is 0 Å². The summed E-state index contributed by atoms with van der Waals surface area (Å²) < 4.78 is 0. The second kappa shape index (κ2) is 6.87. The molecule has 5 heteroatoms. The summed E-state index contributed by atoms with van der Waals surface area (Å²) in [5.41, 5.74) is 2.87. The Labute approximate surface area is 134 Å². The van der Waals surface area contributed by atoms with Crippen LogP contribution in [0.1, 0.15) is 12.5 Å². The molecular weight excluding hydrogens is 288 g/mol. The Morgan fingerprint density at radius 3 is 2.70 bits per heavy atom. The lowest BCUT2D eigenvalue weighted by molar-refractivity contribution is -0.114. The molecule has 1 aromatic heterocycles. The first kappa shape index (κ1) is 15.0. The van der Waals surface area contributed by atoms with Crippen molar-refractivity contribution in [1.29, 1.82) is 0 Å². The second-order valence-corrected chi connectivity index (χ2v) is 5.25. The molecule has 0 spiro atoms. The number of amides is 1. The molecule has 0 unspecified atom stereocenters. The molecule has 0 saturated carbocycles. The van der Waals surface area contributed by atoms with Crippen LogP contribution in [0.2, 0.25) is 0 Å². The predicted molar refractivity (Wildman–Crippen MR) is 92.5 cm³/mol. The van der Waals surface area contributed by atoms with Crippen LogP contribution in [0.4, 0.5) is 11.5 Å². The average molecular weight is 306 g/mol. The lowest BCUT2D eigenvalue weighted by Crippen LogP contribution is -2.11. The molecular formula is C18H18N4O. The predicted octanol–water partition coefficient (Wildman–Crippen LogP) is 3.24. The maximum absolute atomic E-state index is 11.3. The highest BCUT2D eigenvalue weighted by Gasteiger charge is 2.05. The van der Waals surface area contributed by atoms with Crippen LogP contribution < -0.4 is 10.6 Å². The monoisotopic (exact) mass is 306 g/mol. The summed E-state index contributed by atoms with van der Waals surface area (Å²) in [7, 11) is 0. The van der Waals surface area contributed by atoms with Gasteiger partial charge in [0.2, 0.25) is 5.91 Å². The van der Waals surface area contributed by atoms with Gasteiger partial charge in [-0.3, -0.25) is 4.79 Å². The van der Waals surface area contributed by atoms with Crippen LogP contribution in [0.5, 0.6) is 0 Å². The van der Waals surface area contributed by atoms with Crippen molar-refractivity contribution in [3.8, 4) is 0 Å². The Morgan fingerprint density at radius 2 is 1.83 bits per heavy atom. The van der Waals surface area contributed by atoms with E-state index in [9.17, 15) is 4.79 Å². The number of para-hydroxylation sites is 2. The number of hydrogen-bond donors (Lipinski definition) is 2. The summed E-state index contributed by atoms with van der Waals surface area (Å²) in [4.78, 5) is 19.8. The smallest absolute Gasteiger partial charge is 0.221 e. The highest BCUT2D eigenvalue weighted by molar-refractivity contribution is 5.90. The van der Waals surface area contributed by atoms with Crippen LogP contribution in [0.25, 0.3) is 10.9 Å². The molecule has 1 heterocycles. The molecule has 116 valence electrons. The van der Waals surface area contributed by atoms with Gasteiger partial charge in [-0.2, -0.15) is 0 Å². The third kappa shape index (κ3) is 3.63. The average Bonchev–Trinajstić information content (AvgIpc) is 2.56. The summed E-state index contributed by atoms with van der Waals surface area (Å²) in [6, 6.07) is 15.7. The quantitative estimate of drug-likeness (QED) is 0.759. The summed E-state index contributed by atoms with van der Waals surface area (Å²) in [6.07, 6.45) is 2.35. The van der Waals surface area contributed by atoms with Gasteiger partial charge in [0.15, 0.2) is 0 Å². The zero-order chi connectivity index (χ0) is 16.1. The number of fused-ring (bicyclic) bond motifs is 1. The molecule has 0 fully saturated rings. The molecule has 0 radical (unpaired) electrons. The van der Waals surface area contributed by atoms with E-state index in [2.05, 4.69) is 20.6 Å². The van der Waals surface area contributed by atoms with E-state index in [1.165, 1.54) is 6.92 Å². The van der Waals surface area contributed by atoms with Crippen molar-refractivity contribution in [1.82, 2.24) is 9.97 Å². The van der Waals surface area contributed by atoms with E-state index in [0.29, 0.717) is 0 Å². The van der Waals surface area contributed by atoms with E-state index in [1.807, 2.05) is 48.5 Å². The molecule has 3 rings (SSSR count). The minimum Gasteiger partial charge on any atom is -0.369 e. The first-order valence-electron chi connectivity index (χ1n) is 7.53. The highest BCUT2D eigenvalue weighted by atomic mass is 16.1. The van der Waals surface area contributed by atoms with Crippen molar-refractivity contribution >= 4 is 28.3 Å². The van der Waals surface area contributed by atoms with E-state index in [4.69, 9.17) is 0 Å². The van der Waals surface area contributed by atoms with Crippen molar-refractivity contribution in [3.05, 3.63) is 60.4 Å². The van der Waals surface area contributed by atoms with Gasteiger partial charge in [-0.1, -0.05) is 30.3 Å². The van der Waals surface area contributed by atoms with Crippen LogP contribution in [0, 0.1) is 0 Å². The number of hydrogen-bond acceptors (Lipinski definition) is 4. The van der Waals surface area contributed by atoms with E-state index in [1.54, 1.807) is 6.33 Å². The molecule has 0 aliphatic carbocycles. The summed E-state index contributed by atoms with van der Waals surface area (Å²) in [5.74, 6) is 0.764. The van der Waals surface area contributed by atoms with Crippen molar-refractivity contribution in [2.45, 2.75) is 13.3 Å². The zero-order valence-electron chi connectivity index (χ0n) is 12.9. The topological polar surface area (TPSA) is 66.9 Å². The van der Waals surface area contributed by atoms with Crippen molar-refractivity contribution in [2.75, 3.05) is 17.2 Å². The third-order valence-electron chi connectivity index (χ3n) is 3.56. The van der Waals surface area contributed by atoms with E-state index in [-0.39, 0.29) is 5.91 Å². The minimum absolute atomic E-state index is 0.0628. The highest BCUT2D eigenvalue weighted by Crippen LogP contribution is 2.19. The first-order valence-corrected chi connectivity index (χ1v) is 7.53. The Kier molecular flexibility index (Phi) is 4.47. The van der Waals surface area contributed by atoms with Crippen LogP contribution in [0.3, 0.4) is 0 Å². The zero-order valence-corrected chi connectivity index (χ0v) is 12.9. The Hall–Kier alpha value is -2.95. The number of anilines is 2. The van der Waals surface area contributed by atoms with Crippen LogP contribution in [-0.4, -0.2) is 22.4 Å². The van der Waals surface area contributed by atoms with Crippen molar-refractivity contribution in [2.24, 2.45) is 0 Å². The summed E-state index contributed by atoms with van der Waals surface area (Å²) >= 11 is 0. The SMILES string of the molecule is CC(=O)Nc1ccccc1CCNc1ncnc2ccccc12. The molecule has 2 N–H and O–H groups in total. The number of nitrogens with zero attached hydrogens (tertiary/aromatic N) is 2. The lowest BCUT2D eigenvalue weighted by atomic mass is 10.1. The van der Waals surface area contributed by atoms with Gasteiger partial charge in [0.1, 0.15) is 12.1 Å². The molecule has 23 heavy (non-hydrogen) atoms. The minimum atomic E-state index is -0.0628. The fourth-order valence-corrected chi connectivity index (χ4v) is 2.51.